The number of halogens is 1. The van der Waals surface area contributed by atoms with Gasteiger partial charge in [-0.3, -0.25) is 0 Å². The molecule has 3 aromatic rings. The molecule has 0 saturated carbocycles. The van der Waals surface area contributed by atoms with Gasteiger partial charge in [-0.05, 0) is 60.6 Å². The minimum Gasteiger partial charge on any atom is -0.367 e. The van der Waals surface area contributed by atoms with Gasteiger partial charge in [-0.1, -0.05) is 47.6 Å². The van der Waals surface area contributed by atoms with Gasteiger partial charge in [0.1, 0.15) is 0 Å². The van der Waals surface area contributed by atoms with E-state index in [1.165, 1.54) is 11.8 Å². The van der Waals surface area contributed by atoms with Crippen LogP contribution in [-0.2, 0) is 28.6 Å². The van der Waals surface area contributed by atoms with Crippen molar-refractivity contribution in [3.05, 3.63) is 64.2 Å². The van der Waals surface area contributed by atoms with Crippen molar-refractivity contribution in [1.82, 2.24) is 14.2 Å². The lowest BCUT2D eigenvalue weighted by Gasteiger charge is -2.19. The molecule has 146 valence electrons. The summed E-state index contributed by atoms with van der Waals surface area (Å²) in [6.45, 7) is 0. The molecule has 1 aliphatic carbocycles. The molecule has 0 saturated heterocycles. The molecular formula is C19H19ClN4O2S2. The van der Waals surface area contributed by atoms with Crippen molar-refractivity contribution < 1.29 is 8.42 Å². The smallest absolute Gasteiger partial charge is 0.286 e. The summed E-state index contributed by atoms with van der Waals surface area (Å²) in [6.07, 6.45) is 3.70. The van der Waals surface area contributed by atoms with Gasteiger partial charge in [0.25, 0.3) is 10.0 Å². The van der Waals surface area contributed by atoms with Gasteiger partial charge in [0.2, 0.25) is 11.1 Å². The van der Waals surface area contributed by atoms with Crippen molar-refractivity contribution >= 4 is 39.3 Å². The lowest BCUT2D eigenvalue weighted by atomic mass is 9.92. The fraction of sp³-hybridized carbons (Fsp3) is 0.263. The maximum atomic E-state index is 13.2. The molecule has 9 heteroatoms. The molecule has 1 aromatic heterocycles. The quantitative estimate of drug-likeness (QED) is 0.612. The van der Waals surface area contributed by atoms with E-state index in [4.69, 9.17) is 17.3 Å². The highest BCUT2D eigenvalue weighted by Gasteiger charge is 2.27. The van der Waals surface area contributed by atoms with Crippen LogP contribution in [0.4, 0.5) is 5.95 Å². The van der Waals surface area contributed by atoms with Gasteiger partial charge >= 0.3 is 0 Å². The van der Waals surface area contributed by atoms with E-state index >= 15 is 0 Å². The zero-order valence-electron chi connectivity index (χ0n) is 15.0. The molecule has 0 atom stereocenters. The minimum atomic E-state index is -3.89. The summed E-state index contributed by atoms with van der Waals surface area (Å²) in [7, 11) is -3.89. The molecule has 0 bridgehead atoms. The number of nitrogens with two attached hydrogens (primary N) is 1. The van der Waals surface area contributed by atoms with Crippen LogP contribution in [-0.4, -0.2) is 22.6 Å². The first-order valence-electron chi connectivity index (χ1n) is 8.91. The Bertz CT molecular complexity index is 1110. The number of nitrogens with zero attached hydrogens (tertiary/aromatic N) is 3. The first-order valence-corrected chi connectivity index (χ1v) is 11.7. The minimum absolute atomic E-state index is 0.132. The van der Waals surface area contributed by atoms with E-state index in [2.05, 4.69) is 10.1 Å². The third-order valence-electron chi connectivity index (χ3n) is 4.72. The SMILES string of the molecule is Nc1nc(SCc2ccc(Cl)cc2)nn1S(=O)(=O)c1cccc2c1CCCC2. The molecule has 0 radical (unpaired) electrons. The second-order valence-electron chi connectivity index (χ2n) is 6.62. The zero-order valence-corrected chi connectivity index (χ0v) is 17.4. The highest BCUT2D eigenvalue weighted by Crippen LogP contribution is 2.30. The van der Waals surface area contributed by atoms with Gasteiger partial charge in [0.15, 0.2) is 0 Å². The number of hydrogen-bond donors (Lipinski definition) is 1. The van der Waals surface area contributed by atoms with Crippen molar-refractivity contribution in [3.8, 4) is 0 Å². The Labute approximate surface area is 173 Å². The van der Waals surface area contributed by atoms with Gasteiger partial charge in [-0.15, -0.1) is 9.19 Å². The largest absolute Gasteiger partial charge is 0.367 e. The van der Waals surface area contributed by atoms with Crippen molar-refractivity contribution in [2.75, 3.05) is 5.73 Å². The zero-order chi connectivity index (χ0) is 19.7. The molecule has 28 heavy (non-hydrogen) atoms. The summed E-state index contributed by atoms with van der Waals surface area (Å²) in [5.74, 6) is 0.452. The first-order chi connectivity index (χ1) is 13.4. The monoisotopic (exact) mass is 434 g/mol. The van der Waals surface area contributed by atoms with Gasteiger partial charge < -0.3 is 5.73 Å². The van der Waals surface area contributed by atoms with E-state index in [0.717, 1.165) is 46.5 Å². The van der Waals surface area contributed by atoms with E-state index in [0.29, 0.717) is 15.9 Å². The summed E-state index contributed by atoms with van der Waals surface area (Å²) < 4.78 is 27.3. The number of aryl methyl sites for hydroxylation is 1. The average Bonchev–Trinajstić information content (AvgIpc) is 3.08. The normalized spacial score (nSPS) is 14.0. The number of rotatable bonds is 5. The second-order valence-corrected chi connectivity index (χ2v) is 9.73. The topological polar surface area (TPSA) is 90.9 Å². The summed E-state index contributed by atoms with van der Waals surface area (Å²) in [6, 6.07) is 12.8. The maximum Gasteiger partial charge on any atom is 0.286 e. The molecular weight excluding hydrogens is 416 g/mol. The average molecular weight is 435 g/mol. The summed E-state index contributed by atoms with van der Waals surface area (Å²) in [4.78, 5) is 4.41. The molecule has 2 N–H and O–H groups in total. The highest BCUT2D eigenvalue weighted by molar-refractivity contribution is 7.98. The van der Waals surface area contributed by atoms with Crippen molar-refractivity contribution in [1.29, 1.82) is 0 Å². The number of fused-ring (bicyclic) bond motifs is 1. The number of hydrogen-bond acceptors (Lipinski definition) is 6. The molecule has 6 nitrogen and oxygen atoms in total. The van der Waals surface area contributed by atoms with Gasteiger partial charge in [0, 0.05) is 10.8 Å². The van der Waals surface area contributed by atoms with E-state index in [9.17, 15) is 8.42 Å². The highest BCUT2D eigenvalue weighted by atomic mass is 35.5. The number of thioether (sulfide) groups is 1. The molecule has 0 aliphatic heterocycles. The van der Waals surface area contributed by atoms with Crippen LogP contribution in [0.1, 0.15) is 29.5 Å². The van der Waals surface area contributed by atoms with E-state index in [1.54, 1.807) is 24.3 Å². The van der Waals surface area contributed by atoms with Crippen molar-refractivity contribution in [3.63, 3.8) is 0 Å². The van der Waals surface area contributed by atoms with E-state index < -0.39 is 10.0 Å². The van der Waals surface area contributed by atoms with Crippen LogP contribution in [0.5, 0.6) is 0 Å². The van der Waals surface area contributed by atoms with Gasteiger partial charge in [0.05, 0.1) is 4.90 Å². The number of nitrogen functional groups attached to an aromatic ring is 1. The maximum absolute atomic E-state index is 13.2. The molecule has 0 spiro atoms. The van der Waals surface area contributed by atoms with Crippen LogP contribution < -0.4 is 5.73 Å². The van der Waals surface area contributed by atoms with Gasteiger partial charge in [-0.25, -0.2) is 0 Å². The fourth-order valence-electron chi connectivity index (χ4n) is 3.34. The standard InChI is InChI=1S/C19H19ClN4O2S2/c20-15-10-8-13(9-11-15)12-27-19-22-18(21)24(23-19)28(25,26)17-7-3-5-14-4-1-2-6-16(14)17/h3,5,7-11H,1-2,4,6,12H2,(H2,21,22,23). The number of anilines is 1. The number of benzene rings is 2. The molecule has 4 rings (SSSR count). The lowest BCUT2D eigenvalue weighted by molar-refractivity contribution is 0.575. The van der Waals surface area contributed by atoms with Crippen LogP contribution in [0.25, 0.3) is 0 Å². The molecule has 0 amide bonds. The predicted octanol–water partition coefficient (Wildman–Crippen LogP) is 3.92. The fourth-order valence-corrected chi connectivity index (χ4v) is 5.76. The Morgan fingerprint density at radius 3 is 2.64 bits per heavy atom. The lowest BCUT2D eigenvalue weighted by Crippen LogP contribution is -2.20. The molecule has 1 heterocycles. The first kappa shape index (κ1) is 19.3. The predicted molar refractivity (Wildman–Crippen MR) is 111 cm³/mol. The van der Waals surface area contributed by atoms with E-state index in [-0.39, 0.29) is 10.8 Å². The third kappa shape index (κ3) is 3.76. The van der Waals surface area contributed by atoms with E-state index in [1.807, 2.05) is 18.2 Å². The summed E-state index contributed by atoms with van der Waals surface area (Å²) >= 11 is 7.22. The molecule has 2 aromatic carbocycles. The van der Waals surface area contributed by atoms with Crippen LogP contribution in [0, 0.1) is 0 Å². The third-order valence-corrected chi connectivity index (χ3v) is 7.55. The van der Waals surface area contributed by atoms with Crippen molar-refractivity contribution in [2.24, 2.45) is 0 Å². The van der Waals surface area contributed by atoms with Crippen LogP contribution in [0.2, 0.25) is 5.02 Å². The molecule has 0 fully saturated rings. The Hall–Kier alpha value is -2.03. The Balaban J connectivity index is 1.62. The Morgan fingerprint density at radius 1 is 1.11 bits per heavy atom. The van der Waals surface area contributed by atoms with Crippen LogP contribution >= 0.6 is 23.4 Å². The molecule has 0 unspecified atom stereocenters. The molecule has 1 aliphatic rings. The Kier molecular flexibility index (Phi) is 5.35. The van der Waals surface area contributed by atoms with Gasteiger partial charge in [-0.2, -0.15) is 13.4 Å². The van der Waals surface area contributed by atoms with Crippen LogP contribution in [0.3, 0.4) is 0 Å². The number of aromatic nitrogens is 3. The van der Waals surface area contributed by atoms with Crippen molar-refractivity contribution in [2.45, 2.75) is 41.5 Å². The van der Waals surface area contributed by atoms with Crippen LogP contribution in [0.15, 0.2) is 52.5 Å². The Morgan fingerprint density at radius 2 is 1.86 bits per heavy atom. The summed E-state index contributed by atoms with van der Waals surface area (Å²) in [5.41, 5.74) is 8.90. The summed E-state index contributed by atoms with van der Waals surface area (Å²) in [5, 5.41) is 5.15. The second kappa shape index (κ2) is 7.77.